The molecule has 3 aromatic rings. The Bertz CT molecular complexity index is 761. The molecule has 0 spiro atoms. The number of aromatic carboxylic acids is 1. The van der Waals surface area contributed by atoms with Crippen LogP contribution in [0.1, 0.15) is 16.2 Å². The van der Waals surface area contributed by atoms with Crippen molar-refractivity contribution in [1.82, 2.24) is 24.5 Å². The topological polar surface area (TPSA) is 85.8 Å². The van der Waals surface area contributed by atoms with Crippen LogP contribution in [0.4, 0.5) is 0 Å². The van der Waals surface area contributed by atoms with Gasteiger partial charge in [-0.2, -0.15) is 0 Å². The summed E-state index contributed by atoms with van der Waals surface area (Å²) in [7, 11) is 0. The highest BCUT2D eigenvalue weighted by Gasteiger charge is 2.10. The minimum absolute atomic E-state index is 0.249. The quantitative estimate of drug-likeness (QED) is 0.773. The van der Waals surface area contributed by atoms with Gasteiger partial charge >= 0.3 is 5.97 Å². The lowest BCUT2D eigenvalue weighted by atomic mass is 10.2. The van der Waals surface area contributed by atoms with Crippen LogP contribution >= 0.6 is 0 Å². The van der Waals surface area contributed by atoms with Crippen LogP contribution in [0.5, 0.6) is 0 Å². The first-order chi connectivity index (χ1) is 9.65. The molecule has 2 aromatic heterocycles. The fourth-order valence-electron chi connectivity index (χ4n) is 2.22. The van der Waals surface area contributed by atoms with E-state index in [1.54, 1.807) is 35.3 Å². The van der Waals surface area contributed by atoms with Gasteiger partial charge in [-0.1, -0.05) is 5.21 Å². The zero-order chi connectivity index (χ0) is 14.1. The monoisotopic (exact) mass is 271 g/mol. The Labute approximate surface area is 114 Å². The summed E-state index contributed by atoms with van der Waals surface area (Å²) in [4.78, 5) is 15.4. The summed E-state index contributed by atoms with van der Waals surface area (Å²) in [6.45, 7) is 3.30. The second kappa shape index (κ2) is 4.76. The number of imidazole rings is 1. The Kier molecular flexibility index (Phi) is 2.94. The van der Waals surface area contributed by atoms with Crippen LogP contribution in [-0.4, -0.2) is 35.6 Å². The minimum Gasteiger partial charge on any atom is -0.478 e. The summed E-state index contributed by atoms with van der Waals surface area (Å²) < 4.78 is 3.79. The van der Waals surface area contributed by atoms with E-state index < -0.39 is 5.97 Å². The number of aryl methyl sites for hydroxylation is 3. The molecule has 0 saturated carbocycles. The van der Waals surface area contributed by atoms with E-state index in [-0.39, 0.29) is 5.56 Å². The van der Waals surface area contributed by atoms with Crippen LogP contribution in [0, 0.1) is 6.92 Å². The Morgan fingerprint density at radius 1 is 1.35 bits per heavy atom. The third kappa shape index (κ3) is 2.13. The first-order valence-corrected chi connectivity index (χ1v) is 6.19. The van der Waals surface area contributed by atoms with Gasteiger partial charge in [0, 0.05) is 12.7 Å². The van der Waals surface area contributed by atoms with E-state index >= 15 is 0 Å². The third-order valence-corrected chi connectivity index (χ3v) is 3.21. The number of hydrogen-bond acceptors (Lipinski definition) is 4. The molecule has 0 bridgehead atoms. The molecular formula is C13H13N5O2. The maximum absolute atomic E-state index is 11.0. The number of carboxylic acid groups (broad SMARTS) is 1. The van der Waals surface area contributed by atoms with Crippen LogP contribution in [0.15, 0.2) is 30.6 Å². The summed E-state index contributed by atoms with van der Waals surface area (Å²) in [5.74, 6) is -0.0932. The molecule has 0 fully saturated rings. The van der Waals surface area contributed by atoms with E-state index in [1.807, 2.05) is 11.5 Å². The zero-order valence-electron chi connectivity index (χ0n) is 10.9. The summed E-state index contributed by atoms with van der Waals surface area (Å²) in [5, 5.41) is 16.7. The number of nitrogens with zero attached hydrogens (tertiary/aromatic N) is 5. The van der Waals surface area contributed by atoms with Crippen LogP contribution < -0.4 is 0 Å². The molecule has 0 aliphatic rings. The molecule has 7 heteroatoms. The van der Waals surface area contributed by atoms with Crippen molar-refractivity contribution in [3.63, 3.8) is 0 Å². The highest BCUT2D eigenvalue weighted by molar-refractivity contribution is 5.92. The third-order valence-electron chi connectivity index (χ3n) is 3.21. The second-order valence-corrected chi connectivity index (χ2v) is 4.49. The zero-order valence-corrected chi connectivity index (χ0v) is 10.9. The highest BCUT2D eigenvalue weighted by Crippen LogP contribution is 2.18. The number of hydrogen-bond donors (Lipinski definition) is 1. The Balaban J connectivity index is 1.94. The summed E-state index contributed by atoms with van der Waals surface area (Å²) in [6, 6.07) is 4.98. The molecule has 102 valence electrons. The molecule has 0 aliphatic heterocycles. The predicted octanol–water partition coefficient (Wildman–Crippen LogP) is 1.33. The maximum atomic E-state index is 11.0. The van der Waals surface area contributed by atoms with Gasteiger partial charge in [0.1, 0.15) is 5.82 Å². The molecule has 1 aromatic carbocycles. The molecule has 0 aliphatic carbocycles. The number of carboxylic acids is 1. The molecule has 7 nitrogen and oxygen atoms in total. The Hall–Kier alpha value is -2.70. The summed E-state index contributed by atoms with van der Waals surface area (Å²) in [6.07, 6.45) is 3.44. The van der Waals surface area contributed by atoms with Crippen molar-refractivity contribution in [2.24, 2.45) is 0 Å². The van der Waals surface area contributed by atoms with Crippen LogP contribution in [0.3, 0.4) is 0 Å². The standard InChI is InChI=1S/C13H13N5O2/c1-9-15-11-8-10(13(19)20)2-3-12(11)18(9)7-6-17-5-4-14-16-17/h2-5,8H,6-7H2,1H3,(H,19,20). The molecule has 20 heavy (non-hydrogen) atoms. The molecule has 1 N–H and O–H groups in total. The first kappa shape index (κ1) is 12.3. The number of carbonyl (C=O) groups is 1. The SMILES string of the molecule is Cc1nc2cc(C(=O)O)ccc2n1CCn1ccnn1. The Morgan fingerprint density at radius 3 is 2.90 bits per heavy atom. The van der Waals surface area contributed by atoms with E-state index in [0.29, 0.717) is 18.6 Å². The molecule has 0 saturated heterocycles. The molecule has 0 unspecified atom stereocenters. The van der Waals surface area contributed by atoms with Crippen molar-refractivity contribution in [3.8, 4) is 0 Å². The van der Waals surface area contributed by atoms with Gasteiger partial charge in [0.2, 0.25) is 0 Å². The van der Waals surface area contributed by atoms with E-state index in [9.17, 15) is 4.79 Å². The average Bonchev–Trinajstić information content (AvgIpc) is 3.02. The molecular weight excluding hydrogens is 258 g/mol. The van der Waals surface area contributed by atoms with Gasteiger partial charge in [0.05, 0.1) is 29.3 Å². The minimum atomic E-state index is -0.943. The van der Waals surface area contributed by atoms with Gasteiger partial charge in [0.25, 0.3) is 0 Å². The van der Waals surface area contributed by atoms with Crippen LogP contribution in [0.25, 0.3) is 11.0 Å². The largest absolute Gasteiger partial charge is 0.478 e. The van der Waals surface area contributed by atoms with Gasteiger partial charge in [-0.15, -0.1) is 5.10 Å². The molecule has 0 atom stereocenters. The van der Waals surface area contributed by atoms with E-state index in [0.717, 1.165) is 11.3 Å². The van der Waals surface area contributed by atoms with Crippen molar-refractivity contribution < 1.29 is 9.90 Å². The summed E-state index contributed by atoms with van der Waals surface area (Å²) in [5.41, 5.74) is 1.87. The van der Waals surface area contributed by atoms with Crippen molar-refractivity contribution >= 4 is 17.0 Å². The van der Waals surface area contributed by atoms with Gasteiger partial charge in [-0.25, -0.2) is 9.78 Å². The lowest BCUT2D eigenvalue weighted by Crippen LogP contribution is -2.09. The lowest BCUT2D eigenvalue weighted by molar-refractivity contribution is 0.0697. The van der Waals surface area contributed by atoms with Gasteiger partial charge in [-0.3, -0.25) is 4.68 Å². The van der Waals surface area contributed by atoms with Gasteiger partial charge in [-0.05, 0) is 25.1 Å². The highest BCUT2D eigenvalue weighted by atomic mass is 16.4. The van der Waals surface area contributed by atoms with E-state index in [1.165, 1.54) is 0 Å². The fraction of sp³-hybridized carbons (Fsp3) is 0.231. The maximum Gasteiger partial charge on any atom is 0.335 e. The molecule has 0 amide bonds. The number of benzene rings is 1. The lowest BCUT2D eigenvalue weighted by Gasteiger charge is -2.06. The van der Waals surface area contributed by atoms with E-state index in [2.05, 4.69) is 15.3 Å². The molecule has 0 radical (unpaired) electrons. The summed E-state index contributed by atoms with van der Waals surface area (Å²) >= 11 is 0. The second-order valence-electron chi connectivity index (χ2n) is 4.49. The number of aromatic nitrogens is 5. The van der Waals surface area contributed by atoms with Crippen molar-refractivity contribution in [2.45, 2.75) is 20.0 Å². The molecule has 2 heterocycles. The van der Waals surface area contributed by atoms with Crippen molar-refractivity contribution in [2.75, 3.05) is 0 Å². The van der Waals surface area contributed by atoms with Crippen molar-refractivity contribution in [1.29, 1.82) is 0 Å². The predicted molar refractivity (Wildman–Crippen MR) is 71.5 cm³/mol. The van der Waals surface area contributed by atoms with E-state index in [4.69, 9.17) is 5.11 Å². The van der Waals surface area contributed by atoms with Crippen LogP contribution in [0.2, 0.25) is 0 Å². The van der Waals surface area contributed by atoms with Crippen LogP contribution in [-0.2, 0) is 13.1 Å². The van der Waals surface area contributed by atoms with Gasteiger partial charge < -0.3 is 9.67 Å². The van der Waals surface area contributed by atoms with Crippen molar-refractivity contribution in [3.05, 3.63) is 42.0 Å². The first-order valence-electron chi connectivity index (χ1n) is 6.19. The average molecular weight is 271 g/mol. The number of rotatable bonds is 4. The Morgan fingerprint density at radius 2 is 2.20 bits per heavy atom. The smallest absolute Gasteiger partial charge is 0.335 e. The number of fused-ring (bicyclic) bond motifs is 1. The fourth-order valence-corrected chi connectivity index (χ4v) is 2.22. The molecule has 3 rings (SSSR count). The normalized spacial score (nSPS) is 11.1. The van der Waals surface area contributed by atoms with Gasteiger partial charge in [0.15, 0.2) is 0 Å².